The molecule has 0 bridgehead atoms. The van der Waals surface area contributed by atoms with E-state index in [1.54, 1.807) is 13.0 Å². The maximum Gasteiger partial charge on any atom is 0.241 e. The zero-order valence-electron chi connectivity index (χ0n) is 10.2. The van der Waals surface area contributed by atoms with Crippen LogP contribution >= 0.6 is 27.3 Å². The van der Waals surface area contributed by atoms with E-state index in [0.717, 1.165) is 3.79 Å². The van der Waals surface area contributed by atoms with E-state index in [0.29, 0.717) is 17.7 Å². The minimum atomic E-state index is -3.57. The molecular formula is C10H14BrNO4S3. The van der Waals surface area contributed by atoms with Crippen LogP contribution in [0.25, 0.3) is 0 Å². The van der Waals surface area contributed by atoms with Gasteiger partial charge in [-0.3, -0.25) is 0 Å². The van der Waals surface area contributed by atoms with Crippen molar-refractivity contribution in [3.8, 4) is 0 Å². The molecule has 2 rings (SSSR count). The molecule has 9 heteroatoms. The fraction of sp³-hybridized carbons (Fsp3) is 0.600. The molecule has 108 valence electrons. The third-order valence-electron chi connectivity index (χ3n) is 3.01. The van der Waals surface area contributed by atoms with Crippen molar-refractivity contribution in [2.45, 2.75) is 30.7 Å². The maximum atomic E-state index is 12.2. The van der Waals surface area contributed by atoms with Crippen molar-refractivity contribution in [1.29, 1.82) is 0 Å². The molecule has 0 saturated carbocycles. The van der Waals surface area contributed by atoms with Crippen LogP contribution in [-0.4, -0.2) is 34.4 Å². The van der Waals surface area contributed by atoms with Gasteiger partial charge < -0.3 is 0 Å². The third kappa shape index (κ3) is 3.78. The van der Waals surface area contributed by atoms with Crippen molar-refractivity contribution in [2.75, 3.05) is 11.5 Å². The number of aryl methyl sites for hydroxylation is 1. The van der Waals surface area contributed by atoms with Crippen LogP contribution in [0, 0.1) is 6.92 Å². The molecule has 0 amide bonds. The number of hydrogen-bond acceptors (Lipinski definition) is 5. The predicted molar refractivity (Wildman–Crippen MR) is 78.8 cm³/mol. The summed E-state index contributed by atoms with van der Waals surface area (Å²) < 4.78 is 50.4. The summed E-state index contributed by atoms with van der Waals surface area (Å²) in [6.07, 6.45) is 0.678. The van der Waals surface area contributed by atoms with Gasteiger partial charge in [0.25, 0.3) is 0 Å². The van der Waals surface area contributed by atoms with Gasteiger partial charge in [0.1, 0.15) is 9.84 Å². The van der Waals surface area contributed by atoms with Crippen LogP contribution in [0.1, 0.15) is 17.7 Å². The lowest BCUT2D eigenvalue weighted by Crippen LogP contribution is -2.40. The van der Waals surface area contributed by atoms with Crippen LogP contribution in [-0.2, 0) is 19.9 Å². The molecule has 1 aromatic rings. The van der Waals surface area contributed by atoms with Gasteiger partial charge in [-0.2, -0.15) is 0 Å². The monoisotopic (exact) mass is 387 g/mol. The Morgan fingerprint density at radius 2 is 1.95 bits per heavy atom. The van der Waals surface area contributed by atoms with Crippen LogP contribution in [0.4, 0.5) is 0 Å². The van der Waals surface area contributed by atoms with E-state index >= 15 is 0 Å². The Bertz CT molecular complexity index is 664. The summed E-state index contributed by atoms with van der Waals surface area (Å²) in [5, 5.41) is 0. The highest BCUT2D eigenvalue weighted by Gasteiger charge is 2.28. The first-order valence-corrected chi connectivity index (χ1v) is 10.6. The zero-order valence-corrected chi connectivity index (χ0v) is 14.3. The molecule has 1 fully saturated rings. The molecule has 1 N–H and O–H groups in total. The van der Waals surface area contributed by atoms with Crippen molar-refractivity contribution in [1.82, 2.24) is 4.72 Å². The highest BCUT2D eigenvalue weighted by molar-refractivity contribution is 9.11. The lowest BCUT2D eigenvalue weighted by molar-refractivity contribution is 0.505. The number of sulfone groups is 1. The highest BCUT2D eigenvalue weighted by atomic mass is 79.9. The Balaban J connectivity index is 2.13. The fourth-order valence-electron chi connectivity index (χ4n) is 1.99. The lowest BCUT2D eigenvalue weighted by Gasteiger charge is -2.22. The molecule has 19 heavy (non-hydrogen) atoms. The van der Waals surface area contributed by atoms with E-state index < -0.39 is 19.9 Å². The molecule has 1 saturated heterocycles. The summed E-state index contributed by atoms with van der Waals surface area (Å²) in [6.45, 7) is 1.75. The van der Waals surface area contributed by atoms with Gasteiger partial charge in [0.05, 0.1) is 20.2 Å². The molecule has 0 atom stereocenters. The molecule has 0 spiro atoms. The SMILES string of the molecule is Cc1sc(Br)cc1S(=O)(=O)NC1CCS(=O)(=O)CC1. The van der Waals surface area contributed by atoms with Crippen LogP contribution in [0.5, 0.6) is 0 Å². The van der Waals surface area contributed by atoms with Crippen molar-refractivity contribution in [3.05, 3.63) is 14.7 Å². The van der Waals surface area contributed by atoms with Crippen molar-refractivity contribution in [3.63, 3.8) is 0 Å². The standard InChI is InChI=1S/C10H14BrNO4S3/c1-7-9(6-10(11)17-7)19(15,16)12-8-2-4-18(13,14)5-3-8/h6,8,12H,2-5H2,1H3. The van der Waals surface area contributed by atoms with Crippen molar-refractivity contribution in [2.24, 2.45) is 0 Å². The largest absolute Gasteiger partial charge is 0.241 e. The van der Waals surface area contributed by atoms with E-state index in [1.807, 2.05) is 0 Å². The lowest BCUT2D eigenvalue weighted by atomic mass is 10.2. The van der Waals surface area contributed by atoms with E-state index in [1.165, 1.54) is 11.3 Å². The van der Waals surface area contributed by atoms with Crippen LogP contribution in [0.3, 0.4) is 0 Å². The van der Waals surface area contributed by atoms with Crippen LogP contribution in [0.2, 0.25) is 0 Å². The maximum absolute atomic E-state index is 12.2. The number of nitrogens with one attached hydrogen (secondary N) is 1. The Labute approximate surface area is 125 Å². The zero-order chi connectivity index (χ0) is 14.3. The van der Waals surface area contributed by atoms with Gasteiger partial charge in [0, 0.05) is 10.9 Å². The van der Waals surface area contributed by atoms with E-state index in [9.17, 15) is 16.8 Å². The van der Waals surface area contributed by atoms with E-state index in [4.69, 9.17) is 0 Å². The number of hydrogen-bond donors (Lipinski definition) is 1. The molecule has 0 aromatic carbocycles. The second-order valence-electron chi connectivity index (χ2n) is 4.52. The molecule has 1 aliphatic rings. The Kier molecular flexibility index (Phi) is 4.41. The van der Waals surface area contributed by atoms with Gasteiger partial charge in [-0.05, 0) is 41.8 Å². The summed E-state index contributed by atoms with van der Waals surface area (Å²) in [5.74, 6) is 0.0962. The van der Waals surface area contributed by atoms with Crippen molar-refractivity contribution >= 4 is 47.1 Å². The van der Waals surface area contributed by atoms with Crippen LogP contribution in [0.15, 0.2) is 14.7 Å². The summed E-state index contributed by atoms with van der Waals surface area (Å²) >= 11 is 4.62. The van der Waals surface area contributed by atoms with Gasteiger partial charge in [-0.25, -0.2) is 21.6 Å². The Morgan fingerprint density at radius 3 is 2.42 bits per heavy atom. The first-order valence-electron chi connectivity index (χ1n) is 5.68. The van der Waals surface area contributed by atoms with Crippen LogP contribution < -0.4 is 4.72 Å². The molecule has 2 heterocycles. The summed E-state index contributed by atoms with van der Waals surface area (Å²) in [6, 6.07) is 1.27. The van der Waals surface area contributed by atoms with Gasteiger partial charge in [0.15, 0.2) is 0 Å². The number of rotatable bonds is 3. The quantitative estimate of drug-likeness (QED) is 0.854. The molecular weight excluding hydrogens is 374 g/mol. The second kappa shape index (κ2) is 5.44. The minimum absolute atomic E-state index is 0.0481. The van der Waals surface area contributed by atoms with Gasteiger partial charge in [0.2, 0.25) is 10.0 Å². The number of halogens is 1. The van der Waals surface area contributed by atoms with Gasteiger partial charge in [-0.15, -0.1) is 11.3 Å². The first-order chi connectivity index (χ1) is 8.70. The summed E-state index contributed by atoms with van der Waals surface area (Å²) in [4.78, 5) is 0.973. The van der Waals surface area contributed by atoms with Gasteiger partial charge >= 0.3 is 0 Å². The summed E-state index contributed by atoms with van der Waals surface area (Å²) in [7, 11) is -6.55. The van der Waals surface area contributed by atoms with Gasteiger partial charge in [-0.1, -0.05) is 0 Å². The average Bonchev–Trinajstić information content (AvgIpc) is 2.62. The minimum Gasteiger partial charge on any atom is -0.229 e. The van der Waals surface area contributed by atoms with E-state index in [-0.39, 0.29) is 22.4 Å². The third-order valence-corrected chi connectivity index (χ3v) is 8.05. The number of sulfonamides is 1. The smallest absolute Gasteiger partial charge is 0.229 e. The summed E-state index contributed by atoms with van der Waals surface area (Å²) in [5.41, 5.74) is 0. The molecule has 0 radical (unpaired) electrons. The topological polar surface area (TPSA) is 80.3 Å². The Hall–Kier alpha value is 0.0400. The first kappa shape index (κ1) is 15.4. The average molecular weight is 388 g/mol. The molecule has 0 unspecified atom stereocenters. The molecule has 0 aliphatic carbocycles. The second-order valence-corrected chi connectivity index (χ2v) is 11.1. The number of thiophene rings is 1. The van der Waals surface area contributed by atoms with E-state index in [2.05, 4.69) is 20.7 Å². The normalized spacial score (nSPS) is 20.5. The Morgan fingerprint density at radius 1 is 1.37 bits per heavy atom. The predicted octanol–water partition coefficient (Wildman–Crippen LogP) is 1.67. The highest BCUT2D eigenvalue weighted by Crippen LogP contribution is 2.30. The van der Waals surface area contributed by atoms with Crippen molar-refractivity contribution < 1.29 is 16.8 Å². The molecule has 1 aromatic heterocycles. The fourth-order valence-corrected chi connectivity index (χ4v) is 7.20. The molecule has 1 aliphatic heterocycles. The molecule has 5 nitrogen and oxygen atoms in total.